The Hall–Kier alpha value is -1.75. The Morgan fingerprint density at radius 1 is 1.24 bits per heavy atom. The highest BCUT2D eigenvalue weighted by Crippen LogP contribution is 2.50. The number of nitrogens with one attached hydrogen (secondary N) is 1. The van der Waals surface area contributed by atoms with Crippen molar-refractivity contribution in [3.63, 3.8) is 0 Å². The van der Waals surface area contributed by atoms with Crippen LogP contribution in [0.1, 0.15) is 45.6 Å². The van der Waals surface area contributed by atoms with Crippen molar-refractivity contribution in [1.82, 2.24) is 10.2 Å². The number of hydrogen-bond acceptors (Lipinski definition) is 3. The summed E-state index contributed by atoms with van der Waals surface area (Å²) in [6.07, 6.45) is 2.06. The number of rotatable bonds is 3. The predicted octanol–water partition coefficient (Wildman–Crippen LogP) is 3.50. The molecule has 5 nitrogen and oxygen atoms in total. The summed E-state index contributed by atoms with van der Waals surface area (Å²) in [4.78, 5) is 26.8. The topological polar surface area (TPSA) is 58.6 Å². The van der Waals surface area contributed by atoms with E-state index in [1.54, 1.807) is 0 Å². The number of carbonyl (C=O) groups excluding carboxylic acids is 2. The van der Waals surface area contributed by atoms with Crippen LogP contribution in [0.25, 0.3) is 0 Å². The van der Waals surface area contributed by atoms with Gasteiger partial charge in [-0.05, 0) is 57.7 Å². The number of halogens is 1. The molecule has 2 fully saturated rings. The van der Waals surface area contributed by atoms with Crippen LogP contribution in [0.3, 0.4) is 0 Å². The number of alkyl carbamates (subject to hydrolysis) is 1. The molecule has 1 aliphatic carbocycles. The number of nitrogens with zero attached hydrogens (tertiary/aromatic N) is 1. The largest absolute Gasteiger partial charge is 0.444 e. The van der Waals surface area contributed by atoms with Crippen LogP contribution in [-0.4, -0.2) is 41.6 Å². The molecule has 2 amide bonds. The van der Waals surface area contributed by atoms with Gasteiger partial charge in [-0.25, -0.2) is 4.79 Å². The van der Waals surface area contributed by atoms with Crippen molar-refractivity contribution in [1.29, 1.82) is 0 Å². The Kier molecular flexibility index (Phi) is 4.71. The lowest BCUT2D eigenvalue weighted by Gasteiger charge is -2.24. The van der Waals surface area contributed by atoms with Crippen molar-refractivity contribution >= 4 is 23.6 Å². The maximum Gasteiger partial charge on any atom is 0.407 e. The molecule has 6 heteroatoms. The van der Waals surface area contributed by atoms with Crippen LogP contribution in [0, 0.1) is 0 Å². The average Bonchev–Trinajstić information content (AvgIpc) is 3.19. The summed E-state index contributed by atoms with van der Waals surface area (Å²) in [6, 6.07) is 7.50. The van der Waals surface area contributed by atoms with Gasteiger partial charge in [0.1, 0.15) is 5.60 Å². The Labute approximate surface area is 153 Å². The first kappa shape index (κ1) is 18.1. The van der Waals surface area contributed by atoms with Crippen LogP contribution >= 0.6 is 11.6 Å². The molecule has 1 aromatic rings. The maximum atomic E-state index is 13.0. The summed E-state index contributed by atoms with van der Waals surface area (Å²) in [6.45, 7) is 6.70. The molecule has 0 radical (unpaired) electrons. The second kappa shape index (κ2) is 6.52. The highest BCUT2D eigenvalue weighted by Gasteiger charge is 2.53. The van der Waals surface area contributed by atoms with Crippen molar-refractivity contribution in [2.45, 2.75) is 57.1 Å². The van der Waals surface area contributed by atoms with E-state index in [1.807, 2.05) is 49.9 Å². The van der Waals surface area contributed by atoms with Crippen molar-refractivity contribution in [2.75, 3.05) is 13.1 Å². The number of ether oxygens (including phenoxy) is 1. The first-order valence-corrected chi connectivity index (χ1v) is 9.12. The van der Waals surface area contributed by atoms with Crippen LogP contribution in [0.15, 0.2) is 24.3 Å². The molecule has 0 bridgehead atoms. The van der Waals surface area contributed by atoms with Crippen molar-refractivity contribution in [2.24, 2.45) is 0 Å². The van der Waals surface area contributed by atoms with Crippen molar-refractivity contribution in [3.8, 4) is 0 Å². The lowest BCUT2D eigenvalue weighted by atomic mass is 9.94. The van der Waals surface area contributed by atoms with Gasteiger partial charge in [0.15, 0.2) is 0 Å². The molecule has 1 atom stereocenters. The fraction of sp³-hybridized carbons (Fsp3) is 0.579. The maximum absolute atomic E-state index is 13.0. The minimum absolute atomic E-state index is 0.0557. The van der Waals surface area contributed by atoms with Crippen LogP contribution < -0.4 is 5.32 Å². The van der Waals surface area contributed by atoms with Crippen LogP contribution in [0.2, 0.25) is 5.02 Å². The van der Waals surface area contributed by atoms with Gasteiger partial charge in [0.2, 0.25) is 5.91 Å². The van der Waals surface area contributed by atoms with E-state index in [1.165, 1.54) is 0 Å². The van der Waals surface area contributed by atoms with E-state index in [0.29, 0.717) is 18.1 Å². The zero-order valence-electron chi connectivity index (χ0n) is 15.0. The van der Waals surface area contributed by atoms with E-state index in [-0.39, 0.29) is 11.9 Å². The highest BCUT2D eigenvalue weighted by molar-refractivity contribution is 6.30. The van der Waals surface area contributed by atoms with Gasteiger partial charge in [0, 0.05) is 18.1 Å². The summed E-state index contributed by atoms with van der Waals surface area (Å²) in [7, 11) is 0. The molecule has 2 aliphatic rings. The molecule has 0 aromatic heterocycles. The number of benzene rings is 1. The molecule has 1 aliphatic heterocycles. The molecule has 1 saturated heterocycles. The first-order valence-electron chi connectivity index (χ1n) is 8.75. The monoisotopic (exact) mass is 364 g/mol. The van der Waals surface area contributed by atoms with Gasteiger partial charge >= 0.3 is 6.09 Å². The number of carbonyl (C=O) groups is 2. The van der Waals surface area contributed by atoms with Gasteiger partial charge in [0.05, 0.1) is 11.5 Å². The normalized spacial score (nSPS) is 21.8. The molecule has 25 heavy (non-hydrogen) atoms. The molecule has 1 N–H and O–H groups in total. The van der Waals surface area contributed by atoms with E-state index in [9.17, 15) is 9.59 Å². The van der Waals surface area contributed by atoms with Crippen LogP contribution in [-0.2, 0) is 14.9 Å². The molecule has 0 spiro atoms. The third kappa shape index (κ3) is 4.09. The Morgan fingerprint density at radius 2 is 1.88 bits per heavy atom. The first-order chi connectivity index (χ1) is 11.7. The van der Waals surface area contributed by atoms with Gasteiger partial charge in [-0.1, -0.05) is 23.7 Å². The van der Waals surface area contributed by atoms with E-state index >= 15 is 0 Å². The van der Waals surface area contributed by atoms with Crippen LogP contribution in [0.5, 0.6) is 0 Å². The number of hydrogen-bond donors (Lipinski definition) is 1. The van der Waals surface area contributed by atoms with Gasteiger partial charge in [-0.2, -0.15) is 0 Å². The summed E-state index contributed by atoms with van der Waals surface area (Å²) in [5.74, 6) is 0.156. The average molecular weight is 365 g/mol. The highest BCUT2D eigenvalue weighted by atomic mass is 35.5. The van der Waals surface area contributed by atoms with Crippen molar-refractivity contribution < 1.29 is 14.3 Å². The summed E-state index contributed by atoms with van der Waals surface area (Å²) >= 11 is 5.95. The minimum Gasteiger partial charge on any atom is -0.444 e. The zero-order valence-corrected chi connectivity index (χ0v) is 15.7. The summed E-state index contributed by atoms with van der Waals surface area (Å²) in [5.41, 5.74) is 0.112. The molecular weight excluding hydrogens is 340 g/mol. The third-order valence-electron chi connectivity index (χ3n) is 4.75. The molecule has 1 aromatic carbocycles. The van der Waals surface area contributed by atoms with E-state index < -0.39 is 17.1 Å². The van der Waals surface area contributed by atoms with Gasteiger partial charge < -0.3 is 15.0 Å². The lowest BCUT2D eigenvalue weighted by Crippen LogP contribution is -2.43. The number of amides is 2. The van der Waals surface area contributed by atoms with Gasteiger partial charge in [0.25, 0.3) is 0 Å². The Balaban J connectivity index is 1.59. The zero-order chi connectivity index (χ0) is 18.2. The minimum atomic E-state index is -0.523. The molecule has 136 valence electrons. The van der Waals surface area contributed by atoms with Crippen LogP contribution in [0.4, 0.5) is 4.79 Å². The summed E-state index contributed by atoms with van der Waals surface area (Å²) < 4.78 is 5.29. The number of likely N-dealkylation sites (tertiary alicyclic amines) is 1. The van der Waals surface area contributed by atoms with Gasteiger partial charge in [-0.15, -0.1) is 0 Å². The third-order valence-corrected chi connectivity index (χ3v) is 5.00. The SMILES string of the molecule is CC(C)(C)OC(=O)N[C@H]1CCN(C(=O)C2(c3ccc(Cl)cc3)CC2)C1. The molecule has 3 rings (SSSR count). The van der Waals surface area contributed by atoms with Crippen molar-refractivity contribution in [3.05, 3.63) is 34.9 Å². The van der Waals surface area contributed by atoms with E-state index in [4.69, 9.17) is 16.3 Å². The molecule has 1 heterocycles. The second-order valence-electron chi connectivity index (χ2n) is 7.97. The van der Waals surface area contributed by atoms with Gasteiger partial charge in [-0.3, -0.25) is 4.79 Å². The molecule has 0 unspecified atom stereocenters. The fourth-order valence-corrected chi connectivity index (χ4v) is 3.49. The Morgan fingerprint density at radius 3 is 2.44 bits per heavy atom. The molecule has 1 saturated carbocycles. The quantitative estimate of drug-likeness (QED) is 0.893. The smallest absolute Gasteiger partial charge is 0.407 e. The summed E-state index contributed by atoms with van der Waals surface area (Å²) in [5, 5.41) is 3.54. The second-order valence-corrected chi connectivity index (χ2v) is 8.41. The lowest BCUT2D eigenvalue weighted by molar-refractivity contribution is -0.133. The van der Waals surface area contributed by atoms with E-state index in [2.05, 4.69) is 5.32 Å². The Bertz CT molecular complexity index is 662. The molecular formula is C19H25ClN2O3. The standard InChI is InChI=1S/C19H25ClN2O3/c1-18(2,3)25-17(24)21-15-8-11-22(12-15)16(23)19(9-10-19)13-4-6-14(20)7-5-13/h4-7,15H,8-12H2,1-3H3,(H,21,24)/t15-/m0/s1. The van der Waals surface area contributed by atoms with E-state index in [0.717, 1.165) is 24.8 Å². The predicted molar refractivity (Wildman–Crippen MR) is 96.7 cm³/mol. The fourth-order valence-electron chi connectivity index (χ4n) is 3.36.